The molecule has 0 aromatic heterocycles. The molecule has 3 atom stereocenters. The number of nitriles is 1. The number of carbonyl (C=O) groups excluding carboxylic acids is 3. The Kier molecular flexibility index (Phi) is 11.8. The zero-order valence-electron chi connectivity index (χ0n) is 22.1. The van der Waals surface area contributed by atoms with Crippen molar-refractivity contribution >= 4 is 29.8 Å². The summed E-state index contributed by atoms with van der Waals surface area (Å²) in [5.74, 6) is 0.296. The van der Waals surface area contributed by atoms with E-state index >= 15 is 0 Å². The van der Waals surface area contributed by atoms with Crippen molar-refractivity contribution in [2.24, 2.45) is 11.8 Å². The number of fused-ring (bicyclic) bond motifs is 1. The summed E-state index contributed by atoms with van der Waals surface area (Å²) in [6.07, 6.45) is 2.02. The maximum atomic E-state index is 13.6. The number of hydrogen-bond acceptors (Lipinski definition) is 8. The molecule has 0 unspecified atom stereocenters. The molecule has 2 N–H and O–H groups in total. The number of rotatable bonds is 7. The van der Waals surface area contributed by atoms with Crippen LogP contribution in [0.15, 0.2) is 22.8 Å². The fourth-order valence-electron chi connectivity index (χ4n) is 4.84. The van der Waals surface area contributed by atoms with E-state index in [0.29, 0.717) is 67.4 Å². The van der Waals surface area contributed by atoms with Crippen molar-refractivity contribution in [3.8, 4) is 6.07 Å². The fraction of sp³-hybridized carbons (Fsp3) is 0.680. The van der Waals surface area contributed by atoms with Gasteiger partial charge in [-0.05, 0) is 58.3 Å². The number of ether oxygens (including phenoxy) is 1. The highest BCUT2D eigenvalue weighted by atomic mass is 32.2. The molecule has 0 bridgehead atoms. The quantitative estimate of drug-likeness (QED) is 0.526. The molecular weight excluding hydrogens is 480 g/mol. The van der Waals surface area contributed by atoms with Crippen molar-refractivity contribution in [1.29, 1.82) is 5.26 Å². The van der Waals surface area contributed by atoms with Gasteiger partial charge >= 0.3 is 12.1 Å². The first-order chi connectivity index (χ1) is 17.1. The molecule has 0 spiro atoms. The number of amides is 4. The molecule has 2 rings (SSSR count). The highest BCUT2D eigenvalue weighted by Gasteiger charge is 2.40. The van der Waals surface area contributed by atoms with E-state index in [1.165, 1.54) is 23.8 Å². The number of nitrogens with zero attached hydrogens (tertiary/aromatic N) is 4. The normalized spacial score (nSPS) is 25.0. The molecule has 0 radical (unpaired) electrons. The van der Waals surface area contributed by atoms with Crippen molar-refractivity contribution < 1.29 is 19.1 Å². The number of urea groups is 1. The molecule has 200 valence electrons. The van der Waals surface area contributed by atoms with Gasteiger partial charge in [-0.1, -0.05) is 13.5 Å². The smallest absolute Gasteiger partial charge is 0.411 e. The Bertz CT molecular complexity index is 899. The zero-order valence-corrected chi connectivity index (χ0v) is 22.9. The van der Waals surface area contributed by atoms with Crippen LogP contribution in [0.2, 0.25) is 0 Å². The maximum Gasteiger partial charge on any atom is 0.411 e. The number of likely N-dealkylation sites (N-methyl/N-ethyl adjacent to an activating group) is 1. The van der Waals surface area contributed by atoms with Crippen LogP contribution < -0.4 is 10.6 Å². The lowest BCUT2D eigenvalue weighted by atomic mass is 9.77. The summed E-state index contributed by atoms with van der Waals surface area (Å²) in [4.78, 5) is 43.7. The molecule has 36 heavy (non-hydrogen) atoms. The summed E-state index contributed by atoms with van der Waals surface area (Å²) in [5, 5.41) is 15.8. The Hall–Kier alpha value is -2.55. The first kappa shape index (κ1) is 29.7. The summed E-state index contributed by atoms with van der Waals surface area (Å²) >= 11 is 1.41. The van der Waals surface area contributed by atoms with E-state index in [9.17, 15) is 19.6 Å². The molecule has 4 amide bonds. The lowest BCUT2D eigenvalue weighted by Gasteiger charge is -2.43. The molecule has 2 heterocycles. The topological polar surface area (TPSA) is 118 Å². The second-order valence-electron chi connectivity index (χ2n) is 9.60. The molecule has 0 aromatic carbocycles. The summed E-state index contributed by atoms with van der Waals surface area (Å²) in [5.41, 5.74) is 0.969. The molecule has 1 saturated heterocycles. The number of alkyl carbamates (subject to hydrolysis) is 1. The summed E-state index contributed by atoms with van der Waals surface area (Å²) in [7, 11) is 7.15. The maximum absolute atomic E-state index is 13.6. The van der Waals surface area contributed by atoms with E-state index < -0.39 is 6.09 Å². The largest absolute Gasteiger partial charge is 0.453 e. The summed E-state index contributed by atoms with van der Waals surface area (Å²) < 4.78 is 4.71. The van der Waals surface area contributed by atoms with E-state index in [4.69, 9.17) is 4.74 Å². The van der Waals surface area contributed by atoms with Gasteiger partial charge in [-0.3, -0.25) is 15.0 Å². The molecule has 1 fully saturated rings. The van der Waals surface area contributed by atoms with Gasteiger partial charge in [0.2, 0.25) is 5.91 Å². The number of thioether (sulfide) groups is 1. The van der Waals surface area contributed by atoms with Crippen LogP contribution in [-0.4, -0.2) is 99.0 Å². The van der Waals surface area contributed by atoms with Crippen LogP contribution in [0.1, 0.15) is 32.6 Å². The lowest BCUT2D eigenvalue weighted by Crippen LogP contribution is -2.54. The SMILES string of the molecule is C=C1C[C@H]2C[C@@H](C(=O)N(CCC)C(=O)NCCN(C)C)CN(C)[C@@H]2CCS/C(NC(=O)OC)=C\1C#N. The molecule has 0 saturated carbocycles. The predicted molar refractivity (Wildman–Crippen MR) is 141 cm³/mol. The molecule has 10 nitrogen and oxygen atoms in total. The second kappa shape index (κ2) is 14.3. The number of carbonyl (C=O) groups is 3. The van der Waals surface area contributed by atoms with E-state index in [2.05, 4.69) is 28.2 Å². The summed E-state index contributed by atoms with van der Waals surface area (Å²) in [6, 6.07) is 2.04. The van der Waals surface area contributed by atoms with Gasteiger partial charge in [0.15, 0.2) is 0 Å². The van der Waals surface area contributed by atoms with Crippen LogP contribution in [0.3, 0.4) is 0 Å². The predicted octanol–water partition coefficient (Wildman–Crippen LogP) is 2.61. The van der Waals surface area contributed by atoms with Crippen molar-refractivity contribution in [1.82, 2.24) is 25.3 Å². The molecule has 0 aromatic rings. The van der Waals surface area contributed by atoms with E-state index in [1.807, 2.05) is 33.0 Å². The van der Waals surface area contributed by atoms with Crippen LogP contribution in [0, 0.1) is 23.2 Å². The standard InChI is InChI=1S/C25H40N6O4S/c1-7-10-31(24(33)27-9-11-29(3)4)23(32)19-14-18-13-17(2)20(15-26)22(28-25(34)35-6)36-12-8-21(18)30(5)16-19/h18-19,21H,2,7-14,16H2,1,3-6H3,(H,27,33)(H,28,34)/b22-20-/t18-,19+,21+/m0/s1. The fourth-order valence-corrected chi connectivity index (χ4v) is 5.89. The molecular formula is C25H40N6O4S. The number of piperidine rings is 1. The van der Waals surface area contributed by atoms with Gasteiger partial charge in [0.05, 0.1) is 23.6 Å². The minimum Gasteiger partial charge on any atom is -0.453 e. The average Bonchev–Trinajstić information content (AvgIpc) is 2.88. The van der Waals surface area contributed by atoms with Crippen molar-refractivity contribution in [3.63, 3.8) is 0 Å². The van der Waals surface area contributed by atoms with Crippen molar-refractivity contribution in [3.05, 3.63) is 22.8 Å². The monoisotopic (exact) mass is 520 g/mol. The Balaban J connectivity index is 2.21. The Morgan fingerprint density at radius 2 is 2.03 bits per heavy atom. The van der Waals surface area contributed by atoms with E-state index in [-0.39, 0.29) is 29.8 Å². The Morgan fingerprint density at radius 3 is 2.64 bits per heavy atom. The van der Waals surface area contributed by atoms with Crippen LogP contribution >= 0.6 is 11.8 Å². The van der Waals surface area contributed by atoms with E-state index in [0.717, 1.165) is 6.42 Å². The number of allylic oxidation sites excluding steroid dienone is 2. The van der Waals surface area contributed by atoms with Crippen LogP contribution in [0.4, 0.5) is 9.59 Å². The molecule has 0 aliphatic carbocycles. The van der Waals surface area contributed by atoms with Gasteiger partial charge in [-0.15, -0.1) is 11.8 Å². The highest BCUT2D eigenvalue weighted by molar-refractivity contribution is 8.03. The minimum atomic E-state index is -0.627. The highest BCUT2D eigenvalue weighted by Crippen LogP contribution is 2.38. The van der Waals surface area contributed by atoms with Crippen molar-refractivity contribution in [2.75, 3.05) is 60.2 Å². The van der Waals surface area contributed by atoms with E-state index in [1.54, 1.807) is 0 Å². The first-order valence-electron chi connectivity index (χ1n) is 12.4. The average molecular weight is 521 g/mol. The molecule has 11 heteroatoms. The van der Waals surface area contributed by atoms with Gasteiger partial charge in [-0.2, -0.15) is 5.26 Å². The van der Waals surface area contributed by atoms with Crippen molar-refractivity contribution in [2.45, 2.75) is 38.6 Å². The Labute approximate surface area is 219 Å². The first-order valence-corrected chi connectivity index (χ1v) is 13.4. The number of likely N-dealkylation sites (tertiary alicyclic amines) is 1. The van der Waals surface area contributed by atoms with Gasteiger partial charge in [0.1, 0.15) is 6.07 Å². The lowest BCUT2D eigenvalue weighted by molar-refractivity contribution is -0.135. The number of nitrogens with one attached hydrogen (secondary N) is 2. The molecule has 2 aliphatic heterocycles. The second-order valence-corrected chi connectivity index (χ2v) is 10.7. The van der Waals surface area contributed by atoms with Crippen LogP contribution in [-0.2, 0) is 9.53 Å². The minimum absolute atomic E-state index is 0.0897. The van der Waals surface area contributed by atoms with Gasteiger partial charge in [0.25, 0.3) is 0 Å². The third-order valence-corrected chi connectivity index (χ3v) is 7.65. The third-order valence-electron chi connectivity index (χ3n) is 6.61. The number of imide groups is 1. The molecule has 2 aliphatic rings. The van der Waals surface area contributed by atoms with Gasteiger partial charge < -0.3 is 19.9 Å². The summed E-state index contributed by atoms with van der Waals surface area (Å²) in [6.45, 7) is 8.20. The third kappa shape index (κ3) is 7.98. The number of methoxy groups -OCH3 is 1. The van der Waals surface area contributed by atoms with Gasteiger partial charge in [-0.25, -0.2) is 9.59 Å². The van der Waals surface area contributed by atoms with Crippen LogP contribution in [0.5, 0.6) is 0 Å². The van der Waals surface area contributed by atoms with Crippen LogP contribution in [0.25, 0.3) is 0 Å². The number of hydrogen-bond donors (Lipinski definition) is 2. The Morgan fingerprint density at radius 1 is 1.31 bits per heavy atom. The zero-order chi connectivity index (χ0) is 26.8. The van der Waals surface area contributed by atoms with Gasteiger partial charge in [0, 0.05) is 38.0 Å².